The van der Waals surface area contributed by atoms with Crippen molar-refractivity contribution in [3.8, 4) is 5.75 Å². The minimum absolute atomic E-state index is 0.0518. The molecule has 3 rings (SSSR count). The van der Waals surface area contributed by atoms with Gasteiger partial charge in [-0.3, -0.25) is 4.79 Å². The van der Waals surface area contributed by atoms with Crippen molar-refractivity contribution in [2.75, 3.05) is 18.4 Å². The van der Waals surface area contributed by atoms with E-state index in [2.05, 4.69) is 5.32 Å². The zero-order valence-corrected chi connectivity index (χ0v) is 15.1. The van der Waals surface area contributed by atoms with Gasteiger partial charge in [-0.2, -0.15) is 4.31 Å². The van der Waals surface area contributed by atoms with E-state index >= 15 is 0 Å². The Labute approximate surface area is 155 Å². The molecule has 0 unspecified atom stereocenters. The number of halogens is 2. The first-order valence-electron chi connectivity index (χ1n) is 7.88. The van der Waals surface area contributed by atoms with E-state index in [9.17, 15) is 22.7 Å². The van der Waals surface area contributed by atoms with E-state index < -0.39 is 21.7 Å². The molecule has 2 aromatic rings. The van der Waals surface area contributed by atoms with Crippen molar-refractivity contribution in [1.82, 2.24) is 4.31 Å². The van der Waals surface area contributed by atoms with E-state index in [0.717, 1.165) is 25.0 Å². The maximum atomic E-state index is 13.9. The molecule has 0 bridgehead atoms. The van der Waals surface area contributed by atoms with Crippen molar-refractivity contribution in [1.29, 1.82) is 0 Å². The lowest BCUT2D eigenvalue weighted by Gasteiger charge is -2.16. The van der Waals surface area contributed by atoms with E-state index in [-0.39, 0.29) is 26.9 Å². The van der Waals surface area contributed by atoms with E-state index in [1.165, 1.54) is 28.6 Å². The highest BCUT2D eigenvalue weighted by atomic mass is 35.5. The molecule has 1 saturated heterocycles. The first-order valence-corrected chi connectivity index (χ1v) is 9.70. The van der Waals surface area contributed by atoms with Crippen molar-refractivity contribution in [2.45, 2.75) is 17.7 Å². The van der Waals surface area contributed by atoms with Crippen molar-refractivity contribution in [3.63, 3.8) is 0 Å². The van der Waals surface area contributed by atoms with Crippen molar-refractivity contribution in [2.24, 2.45) is 0 Å². The van der Waals surface area contributed by atoms with Gasteiger partial charge in [-0.05, 0) is 49.2 Å². The Morgan fingerprint density at radius 1 is 1.15 bits per heavy atom. The van der Waals surface area contributed by atoms with Crippen LogP contribution >= 0.6 is 11.6 Å². The van der Waals surface area contributed by atoms with Gasteiger partial charge in [0.2, 0.25) is 10.0 Å². The normalized spacial score (nSPS) is 15.2. The zero-order chi connectivity index (χ0) is 18.9. The number of hydrogen-bond donors (Lipinski definition) is 2. The number of benzene rings is 2. The summed E-state index contributed by atoms with van der Waals surface area (Å²) in [5.74, 6) is -1.98. The molecule has 26 heavy (non-hydrogen) atoms. The Kier molecular flexibility index (Phi) is 5.17. The number of carbonyl (C=O) groups excluding carboxylic acids is 1. The summed E-state index contributed by atoms with van der Waals surface area (Å²) in [4.78, 5) is 12.2. The first kappa shape index (κ1) is 18.6. The number of aromatic hydroxyl groups is 1. The van der Waals surface area contributed by atoms with E-state index in [1.807, 2.05) is 0 Å². The molecule has 0 atom stereocenters. The van der Waals surface area contributed by atoms with Crippen LogP contribution < -0.4 is 5.32 Å². The smallest absolute Gasteiger partial charge is 0.258 e. The monoisotopic (exact) mass is 398 g/mol. The van der Waals surface area contributed by atoms with Crippen LogP contribution in [-0.4, -0.2) is 36.8 Å². The molecule has 1 aliphatic heterocycles. The van der Waals surface area contributed by atoms with Gasteiger partial charge < -0.3 is 10.4 Å². The van der Waals surface area contributed by atoms with Gasteiger partial charge in [-0.1, -0.05) is 11.6 Å². The first-order chi connectivity index (χ1) is 12.3. The van der Waals surface area contributed by atoms with Gasteiger partial charge in [0, 0.05) is 18.1 Å². The number of nitrogens with one attached hydrogen (secondary N) is 1. The highest BCUT2D eigenvalue weighted by molar-refractivity contribution is 7.89. The Bertz CT molecular complexity index is 959. The fourth-order valence-corrected chi connectivity index (χ4v) is 4.42. The molecule has 0 aliphatic carbocycles. The summed E-state index contributed by atoms with van der Waals surface area (Å²) >= 11 is 5.66. The molecule has 0 spiro atoms. The summed E-state index contributed by atoms with van der Waals surface area (Å²) in [6, 6.07) is 7.15. The van der Waals surface area contributed by atoms with Gasteiger partial charge in [0.15, 0.2) is 0 Å². The molecule has 1 aliphatic rings. The highest BCUT2D eigenvalue weighted by Crippen LogP contribution is 2.30. The molecular formula is C17H16ClFN2O4S. The van der Waals surface area contributed by atoms with Crippen LogP contribution in [0.4, 0.5) is 10.1 Å². The molecule has 9 heteroatoms. The fraction of sp³-hybridized carbons (Fsp3) is 0.235. The summed E-state index contributed by atoms with van der Waals surface area (Å²) in [7, 11) is -3.71. The number of anilines is 1. The second-order valence-corrected chi connectivity index (χ2v) is 8.24. The molecule has 0 aromatic heterocycles. The van der Waals surface area contributed by atoms with Crippen molar-refractivity contribution < 1.29 is 22.7 Å². The molecule has 0 radical (unpaired) electrons. The lowest BCUT2D eigenvalue weighted by Crippen LogP contribution is -2.28. The molecule has 6 nitrogen and oxygen atoms in total. The van der Waals surface area contributed by atoms with Crippen molar-refractivity contribution in [3.05, 3.63) is 52.8 Å². The SMILES string of the molecule is O=C(Nc1cc(S(=O)(=O)N2CCCC2)ccc1O)c1ccc(Cl)cc1F. The largest absolute Gasteiger partial charge is 0.506 e. The van der Waals surface area contributed by atoms with Gasteiger partial charge in [0.1, 0.15) is 11.6 Å². The maximum Gasteiger partial charge on any atom is 0.258 e. The third-order valence-electron chi connectivity index (χ3n) is 4.09. The predicted octanol–water partition coefficient (Wildman–Crippen LogP) is 3.22. The molecule has 2 N–H and O–H groups in total. The summed E-state index contributed by atoms with van der Waals surface area (Å²) in [6.07, 6.45) is 1.58. The fourth-order valence-electron chi connectivity index (χ4n) is 2.72. The number of amides is 1. The Morgan fingerprint density at radius 3 is 2.50 bits per heavy atom. The summed E-state index contributed by atoms with van der Waals surface area (Å²) < 4.78 is 40.4. The second-order valence-electron chi connectivity index (χ2n) is 5.87. The maximum absolute atomic E-state index is 13.9. The number of rotatable bonds is 4. The van der Waals surface area contributed by atoms with Crippen LogP contribution in [0.3, 0.4) is 0 Å². The third kappa shape index (κ3) is 3.67. The van der Waals surface area contributed by atoms with Crippen LogP contribution in [0.2, 0.25) is 5.02 Å². The van der Waals surface area contributed by atoms with Crippen LogP contribution in [0.25, 0.3) is 0 Å². The van der Waals surface area contributed by atoms with Crippen LogP contribution in [0.5, 0.6) is 5.75 Å². The van der Waals surface area contributed by atoms with Crippen LogP contribution in [0, 0.1) is 5.82 Å². The number of carbonyl (C=O) groups is 1. The molecule has 1 amide bonds. The molecule has 2 aromatic carbocycles. The zero-order valence-electron chi connectivity index (χ0n) is 13.6. The standard InChI is InChI=1S/C17H16ClFN2O4S/c18-11-3-5-13(14(19)9-11)17(23)20-15-10-12(4-6-16(15)22)26(24,25)21-7-1-2-8-21/h3-6,9-10,22H,1-2,7-8H2,(H,20,23). The van der Waals surface area contributed by atoms with E-state index in [1.54, 1.807) is 0 Å². The van der Waals surface area contributed by atoms with E-state index in [4.69, 9.17) is 11.6 Å². The quantitative estimate of drug-likeness (QED) is 0.774. The number of phenols is 1. The topological polar surface area (TPSA) is 86.7 Å². The summed E-state index contributed by atoms with van der Waals surface area (Å²) in [5, 5.41) is 12.4. The number of phenolic OH excluding ortho intramolecular Hbond substituents is 1. The Morgan fingerprint density at radius 2 is 1.85 bits per heavy atom. The molecule has 0 saturated carbocycles. The van der Waals surface area contributed by atoms with E-state index in [0.29, 0.717) is 13.1 Å². The van der Waals surface area contributed by atoms with Gasteiger partial charge in [0.25, 0.3) is 5.91 Å². The average Bonchev–Trinajstić information content (AvgIpc) is 3.12. The van der Waals surface area contributed by atoms with Gasteiger partial charge in [-0.25, -0.2) is 12.8 Å². The number of nitrogens with zero attached hydrogens (tertiary/aromatic N) is 1. The van der Waals surface area contributed by atoms with Gasteiger partial charge in [-0.15, -0.1) is 0 Å². The average molecular weight is 399 g/mol. The van der Waals surface area contributed by atoms with Crippen LogP contribution in [0.15, 0.2) is 41.3 Å². The van der Waals surface area contributed by atoms with Gasteiger partial charge >= 0.3 is 0 Å². The highest BCUT2D eigenvalue weighted by Gasteiger charge is 2.28. The minimum atomic E-state index is -3.71. The van der Waals surface area contributed by atoms with Crippen LogP contribution in [-0.2, 0) is 10.0 Å². The molecule has 138 valence electrons. The molecule has 1 fully saturated rings. The molecular weight excluding hydrogens is 383 g/mol. The second kappa shape index (κ2) is 7.22. The Hall–Kier alpha value is -2.16. The third-order valence-corrected chi connectivity index (χ3v) is 6.22. The minimum Gasteiger partial charge on any atom is -0.506 e. The van der Waals surface area contributed by atoms with Gasteiger partial charge in [0.05, 0.1) is 16.1 Å². The lowest BCUT2D eigenvalue weighted by atomic mass is 10.2. The van der Waals surface area contributed by atoms with Crippen molar-refractivity contribution >= 4 is 33.2 Å². The van der Waals surface area contributed by atoms with Crippen LogP contribution in [0.1, 0.15) is 23.2 Å². The Balaban J connectivity index is 1.89. The summed E-state index contributed by atoms with van der Waals surface area (Å²) in [5.41, 5.74) is -0.397. The number of sulfonamides is 1. The lowest BCUT2D eigenvalue weighted by molar-refractivity contribution is 0.102. The number of hydrogen-bond acceptors (Lipinski definition) is 4. The molecule has 1 heterocycles. The predicted molar refractivity (Wildman–Crippen MR) is 95.5 cm³/mol. The summed E-state index contributed by atoms with van der Waals surface area (Å²) in [6.45, 7) is 0.863.